The molecule has 1 aromatic carbocycles. The van der Waals surface area contributed by atoms with Crippen LogP contribution in [-0.4, -0.2) is 11.1 Å². The van der Waals surface area contributed by atoms with Crippen molar-refractivity contribution in [3.63, 3.8) is 0 Å². The second kappa shape index (κ2) is 5.85. The quantitative estimate of drug-likeness (QED) is 0.841. The Labute approximate surface area is 104 Å². The Hall–Kier alpha value is -1.31. The minimum atomic E-state index is -0.822. The molecule has 0 aliphatic rings. The maximum Gasteiger partial charge on any atom is 0.335 e. The van der Waals surface area contributed by atoms with Gasteiger partial charge in [0.15, 0.2) is 0 Å². The molecule has 0 atom stereocenters. The Morgan fingerprint density at radius 3 is 2.18 bits per heavy atom. The smallest absolute Gasteiger partial charge is 0.335 e. The predicted octanol–water partition coefficient (Wildman–Crippen LogP) is 3.78. The van der Waals surface area contributed by atoms with Crippen molar-refractivity contribution in [1.82, 2.24) is 0 Å². The molecule has 0 aromatic heterocycles. The normalized spacial score (nSPS) is 11.2. The molecule has 0 spiro atoms. The third-order valence-corrected chi connectivity index (χ3v) is 2.67. The van der Waals surface area contributed by atoms with Crippen molar-refractivity contribution in [2.75, 3.05) is 0 Å². The molecule has 94 valence electrons. The van der Waals surface area contributed by atoms with E-state index in [1.807, 2.05) is 6.07 Å². The van der Waals surface area contributed by atoms with Crippen LogP contribution in [0.25, 0.3) is 0 Å². The molecule has 0 saturated carbocycles. The van der Waals surface area contributed by atoms with Gasteiger partial charge in [-0.3, -0.25) is 0 Å². The van der Waals surface area contributed by atoms with Crippen molar-refractivity contribution in [3.8, 4) is 0 Å². The van der Waals surface area contributed by atoms with Crippen LogP contribution >= 0.6 is 0 Å². The molecule has 0 saturated heterocycles. The summed E-state index contributed by atoms with van der Waals surface area (Å²) < 4.78 is 0. The third-order valence-electron chi connectivity index (χ3n) is 2.67. The lowest BCUT2D eigenvalue weighted by Crippen LogP contribution is -2.07. The van der Waals surface area contributed by atoms with Crippen LogP contribution in [0.2, 0.25) is 0 Å². The lowest BCUT2D eigenvalue weighted by atomic mass is 9.93. The van der Waals surface area contributed by atoms with Gasteiger partial charge in [0.2, 0.25) is 0 Å². The van der Waals surface area contributed by atoms with E-state index in [0.717, 1.165) is 18.4 Å². The number of hydrogen-bond donors (Lipinski definition) is 1. The summed E-state index contributed by atoms with van der Waals surface area (Å²) in [7, 11) is 0. The Kier molecular flexibility index (Phi) is 4.73. The van der Waals surface area contributed by atoms with Crippen molar-refractivity contribution < 1.29 is 9.90 Å². The second-order valence-electron chi connectivity index (χ2n) is 5.49. The molecule has 17 heavy (non-hydrogen) atoms. The Bertz CT molecular complexity index is 392. The fourth-order valence-electron chi connectivity index (χ4n) is 2.06. The molecule has 1 aromatic rings. The summed E-state index contributed by atoms with van der Waals surface area (Å²) in [5.41, 5.74) is 2.65. The number of hydrogen-bond acceptors (Lipinski definition) is 1. The highest BCUT2D eigenvalue weighted by atomic mass is 16.4. The monoisotopic (exact) mass is 234 g/mol. The predicted molar refractivity (Wildman–Crippen MR) is 70.5 cm³/mol. The fraction of sp³-hybridized carbons (Fsp3) is 0.533. The van der Waals surface area contributed by atoms with Crippen LogP contribution in [0.15, 0.2) is 18.2 Å². The number of rotatable bonds is 5. The van der Waals surface area contributed by atoms with E-state index in [1.54, 1.807) is 6.07 Å². The van der Waals surface area contributed by atoms with Crippen LogP contribution in [0, 0.1) is 11.8 Å². The summed E-state index contributed by atoms with van der Waals surface area (Å²) in [6.45, 7) is 8.57. The maximum atomic E-state index is 11.1. The zero-order valence-electron chi connectivity index (χ0n) is 11.2. The zero-order valence-corrected chi connectivity index (χ0v) is 11.2. The van der Waals surface area contributed by atoms with Gasteiger partial charge in [-0.05, 0) is 41.9 Å². The van der Waals surface area contributed by atoms with E-state index in [0.29, 0.717) is 17.4 Å². The van der Waals surface area contributed by atoms with E-state index < -0.39 is 5.97 Å². The largest absolute Gasteiger partial charge is 0.478 e. The van der Waals surface area contributed by atoms with Gasteiger partial charge in [-0.1, -0.05) is 39.8 Å². The molecule has 0 aliphatic heterocycles. The van der Waals surface area contributed by atoms with Gasteiger partial charge in [-0.2, -0.15) is 0 Å². The molecular weight excluding hydrogens is 212 g/mol. The molecule has 1 N–H and O–H groups in total. The van der Waals surface area contributed by atoms with Gasteiger partial charge in [-0.15, -0.1) is 0 Å². The van der Waals surface area contributed by atoms with Gasteiger partial charge < -0.3 is 5.11 Å². The van der Waals surface area contributed by atoms with Crippen LogP contribution in [0.3, 0.4) is 0 Å². The Morgan fingerprint density at radius 1 is 1.12 bits per heavy atom. The van der Waals surface area contributed by atoms with E-state index in [4.69, 9.17) is 5.11 Å². The van der Waals surface area contributed by atoms with Gasteiger partial charge in [0.1, 0.15) is 0 Å². The van der Waals surface area contributed by atoms with Crippen molar-refractivity contribution in [2.45, 2.75) is 40.5 Å². The van der Waals surface area contributed by atoms with E-state index in [9.17, 15) is 4.79 Å². The molecule has 0 aliphatic carbocycles. The second-order valence-corrected chi connectivity index (χ2v) is 5.49. The third kappa shape index (κ3) is 4.22. The highest BCUT2D eigenvalue weighted by Crippen LogP contribution is 2.18. The van der Waals surface area contributed by atoms with Crippen molar-refractivity contribution in [3.05, 3.63) is 34.9 Å². The molecule has 2 nitrogen and oxygen atoms in total. The highest BCUT2D eigenvalue weighted by Gasteiger charge is 2.12. The number of benzene rings is 1. The fourth-order valence-corrected chi connectivity index (χ4v) is 2.06. The zero-order chi connectivity index (χ0) is 13.0. The average Bonchev–Trinajstić information content (AvgIpc) is 2.15. The van der Waals surface area contributed by atoms with Crippen LogP contribution in [0.4, 0.5) is 0 Å². The summed E-state index contributed by atoms with van der Waals surface area (Å²) in [5, 5.41) is 9.15. The van der Waals surface area contributed by atoms with Gasteiger partial charge in [0.05, 0.1) is 5.56 Å². The van der Waals surface area contributed by atoms with E-state index in [2.05, 4.69) is 33.8 Å². The van der Waals surface area contributed by atoms with Gasteiger partial charge in [-0.25, -0.2) is 4.79 Å². The van der Waals surface area contributed by atoms with E-state index in [-0.39, 0.29) is 0 Å². The van der Waals surface area contributed by atoms with Gasteiger partial charge in [0, 0.05) is 0 Å². The average molecular weight is 234 g/mol. The molecule has 0 fully saturated rings. The summed E-state index contributed by atoms with van der Waals surface area (Å²) in [5.74, 6) is 0.247. The first kappa shape index (κ1) is 13.8. The SMILES string of the molecule is CC(C)Cc1ccc(C(=O)O)c(CC(C)C)c1. The van der Waals surface area contributed by atoms with Crippen molar-refractivity contribution in [1.29, 1.82) is 0 Å². The lowest BCUT2D eigenvalue weighted by molar-refractivity contribution is 0.0695. The molecular formula is C15H22O2. The van der Waals surface area contributed by atoms with Crippen LogP contribution in [0.5, 0.6) is 0 Å². The van der Waals surface area contributed by atoms with Crippen molar-refractivity contribution in [2.24, 2.45) is 11.8 Å². The van der Waals surface area contributed by atoms with E-state index >= 15 is 0 Å². The molecule has 0 unspecified atom stereocenters. The Balaban J connectivity index is 3.05. The van der Waals surface area contributed by atoms with Gasteiger partial charge in [0.25, 0.3) is 0 Å². The van der Waals surface area contributed by atoms with Crippen LogP contribution in [-0.2, 0) is 12.8 Å². The summed E-state index contributed by atoms with van der Waals surface area (Å²) in [6.07, 6.45) is 1.83. The maximum absolute atomic E-state index is 11.1. The number of aromatic carboxylic acids is 1. The lowest BCUT2D eigenvalue weighted by Gasteiger charge is -2.12. The standard InChI is InChI=1S/C15H22O2/c1-10(2)7-12-5-6-14(15(16)17)13(9-12)8-11(3)4/h5-6,9-11H,7-8H2,1-4H3,(H,16,17). The number of carboxylic acid groups (broad SMARTS) is 1. The Morgan fingerprint density at radius 2 is 1.71 bits per heavy atom. The number of carboxylic acids is 1. The first-order valence-corrected chi connectivity index (χ1v) is 6.25. The topological polar surface area (TPSA) is 37.3 Å². The van der Waals surface area contributed by atoms with Gasteiger partial charge >= 0.3 is 5.97 Å². The first-order chi connectivity index (χ1) is 7.90. The summed E-state index contributed by atoms with van der Waals surface area (Å²) >= 11 is 0. The molecule has 0 radical (unpaired) electrons. The minimum absolute atomic E-state index is 0.450. The molecule has 0 bridgehead atoms. The highest BCUT2D eigenvalue weighted by molar-refractivity contribution is 5.89. The molecule has 1 rings (SSSR count). The van der Waals surface area contributed by atoms with Crippen LogP contribution in [0.1, 0.15) is 49.2 Å². The first-order valence-electron chi connectivity index (χ1n) is 6.25. The number of carbonyl (C=O) groups is 1. The minimum Gasteiger partial charge on any atom is -0.478 e. The molecule has 0 amide bonds. The van der Waals surface area contributed by atoms with Crippen LogP contribution < -0.4 is 0 Å². The molecule has 2 heteroatoms. The summed E-state index contributed by atoms with van der Waals surface area (Å²) in [4.78, 5) is 11.1. The van der Waals surface area contributed by atoms with E-state index in [1.165, 1.54) is 5.56 Å². The summed E-state index contributed by atoms with van der Waals surface area (Å²) in [6, 6.07) is 5.74. The molecule has 0 heterocycles. The van der Waals surface area contributed by atoms with Crippen molar-refractivity contribution >= 4 is 5.97 Å².